The van der Waals surface area contributed by atoms with Gasteiger partial charge in [-0.25, -0.2) is 0 Å². The van der Waals surface area contributed by atoms with Gasteiger partial charge < -0.3 is 14.5 Å². The molecule has 1 fully saturated rings. The molecule has 1 aliphatic rings. The zero-order valence-corrected chi connectivity index (χ0v) is 17.8. The maximum Gasteiger partial charge on any atom is 0.261 e. The second-order valence-electron chi connectivity index (χ2n) is 7.12. The predicted octanol–water partition coefficient (Wildman–Crippen LogP) is 4.09. The monoisotopic (exact) mass is 411 g/mol. The molecule has 0 aromatic heterocycles. The van der Waals surface area contributed by atoms with Crippen LogP contribution in [0.1, 0.15) is 36.5 Å². The average Bonchev–Trinajstić information content (AvgIpc) is 2.77. The maximum absolute atomic E-state index is 12.8. The summed E-state index contributed by atoms with van der Waals surface area (Å²) in [5.74, 6) is 0.393. The number of unbranched alkanes of at least 4 members (excludes halogenated alkanes) is 2. The van der Waals surface area contributed by atoms with Gasteiger partial charge in [0.25, 0.3) is 5.91 Å². The second-order valence-corrected chi connectivity index (χ2v) is 7.51. The zero-order valence-electron chi connectivity index (χ0n) is 17.0. The Hall–Kier alpha value is -2.60. The highest BCUT2D eigenvalue weighted by atomic mass is 32.1. The van der Waals surface area contributed by atoms with E-state index in [9.17, 15) is 4.79 Å². The van der Waals surface area contributed by atoms with E-state index >= 15 is 0 Å². The number of para-hydroxylation sites is 2. The molecule has 29 heavy (non-hydrogen) atoms. The summed E-state index contributed by atoms with van der Waals surface area (Å²) in [6.45, 7) is 6.08. The van der Waals surface area contributed by atoms with Crippen LogP contribution in [0.15, 0.2) is 54.6 Å². The fourth-order valence-electron chi connectivity index (χ4n) is 3.36. The van der Waals surface area contributed by atoms with E-state index in [1.165, 1.54) is 5.69 Å². The minimum atomic E-state index is -0.216. The molecule has 1 amide bonds. The molecular formula is C23H29N3O2S. The summed E-state index contributed by atoms with van der Waals surface area (Å²) < 4.78 is 5.83. The Morgan fingerprint density at radius 3 is 2.41 bits per heavy atom. The minimum absolute atomic E-state index is 0.216. The van der Waals surface area contributed by atoms with Crippen molar-refractivity contribution in [3.8, 4) is 5.75 Å². The smallest absolute Gasteiger partial charge is 0.261 e. The van der Waals surface area contributed by atoms with Crippen molar-refractivity contribution in [2.45, 2.75) is 26.2 Å². The van der Waals surface area contributed by atoms with Gasteiger partial charge in [-0.2, -0.15) is 0 Å². The maximum atomic E-state index is 12.8. The van der Waals surface area contributed by atoms with Gasteiger partial charge in [-0.3, -0.25) is 10.1 Å². The van der Waals surface area contributed by atoms with Gasteiger partial charge >= 0.3 is 0 Å². The molecule has 0 unspecified atom stereocenters. The normalized spacial score (nSPS) is 13.8. The van der Waals surface area contributed by atoms with Gasteiger partial charge in [-0.15, -0.1) is 0 Å². The van der Waals surface area contributed by atoms with Crippen molar-refractivity contribution >= 4 is 28.9 Å². The van der Waals surface area contributed by atoms with Gasteiger partial charge in [0.15, 0.2) is 5.11 Å². The van der Waals surface area contributed by atoms with Gasteiger partial charge in [0.1, 0.15) is 5.75 Å². The molecule has 5 nitrogen and oxygen atoms in total. The first-order chi connectivity index (χ1) is 14.2. The first-order valence-electron chi connectivity index (χ1n) is 10.3. The molecule has 154 valence electrons. The molecule has 0 atom stereocenters. The van der Waals surface area contributed by atoms with Gasteiger partial charge in [0.05, 0.1) is 12.2 Å². The largest absolute Gasteiger partial charge is 0.493 e. The average molecular weight is 412 g/mol. The van der Waals surface area contributed by atoms with Crippen LogP contribution in [-0.4, -0.2) is 48.7 Å². The van der Waals surface area contributed by atoms with E-state index in [1.54, 1.807) is 6.07 Å². The topological polar surface area (TPSA) is 44.8 Å². The summed E-state index contributed by atoms with van der Waals surface area (Å²) in [5, 5.41) is 3.36. The van der Waals surface area contributed by atoms with E-state index in [0.717, 1.165) is 45.4 Å². The lowest BCUT2D eigenvalue weighted by molar-refractivity contribution is 0.0969. The highest BCUT2D eigenvalue weighted by molar-refractivity contribution is 7.80. The summed E-state index contributed by atoms with van der Waals surface area (Å²) in [7, 11) is 0. The first-order valence-corrected chi connectivity index (χ1v) is 10.7. The van der Waals surface area contributed by atoms with Gasteiger partial charge in [0, 0.05) is 31.9 Å². The Kier molecular flexibility index (Phi) is 7.87. The van der Waals surface area contributed by atoms with E-state index in [4.69, 9.17) is 17.0 Å². The number of carbonyl (C=O) groups is 1. The fraction of sp³-hybridized carbons (Fsp3) is 0.391. The molecule has 0 spiro atoms. The predicted molar refractivity (Wildman–Crippen MR) is 122 cm³/mol. The third kappa shape index (κ3) is 5.94. The lowest BCUT2D eigenvalue weighted by Crippen LogP contribution is -2.52. The molecule has 1 heterocycles. The van der Waals surface area contributed by atoms with Gasteiger partial charge in [-0.05, 0) is 42.9 Å². The van der Waals surface area contributed by atoms with Crippen molar-refractivity contribution in [2.24, 2.45) is 0 Å². The van der Waals surface area contributed by atoms with Crippen molar-refractivity contribution in [2.75, 3.05) is 37.7 Å². The van der Waals surface area contributed by atoms with E-state index in [0.29, 0.717) is 23.0 Å². The van der Waals surface area contributed by atoms with Crippen molar-refractivity contribution < 1.29 is 9.53 Å². The standard InChI is InChI=1S/C23H29N3O2S/c1-2-3-9-18-28-21-13-8-7-12-20(21)22(27)24-23(29)26-16-14-25(15-17-26)19-10-5-4-6-11-19/h4-8,10-13H,2-3,9,14-18H2,1H3,(H,24,27,29). The number of carbonyl (C=O) groups excluding carboxylic acids is 1. The van der Waals surface area contributed by atoms with Crippen LogP contribution in [0.3, 0.4) is 0 Å². The zero-order chi connectivity index (χ0) is 20.5. The Morgan fingerprint density at radius 2 is 1.69 bits per heavy atom. The summed E-state index contributed by atoms with van der Waals surface area (Å²) in [4.78, 5) is 17.2. The van der Waals surface area contributed by atoms with E-state index in [2.05, 4.69) is 34.2 Å². The Labute approximate surface area is 178 Å². The summed E-state index contributed by atoms with van der Waals surface area (Å²) >= 11 is 5.51. The fourth-order valence-corrected chi connectivity index (χ4v) is 3.64. The van der Waals surface area contributed by atoms with Crippen molar-refractivity contribution in [1.29, 1.82) is 0 Å². The Morgan fingerprint density at radius 1 is 1.00 bits per heavy atom. The molecule has 1 aliphatic heterocycles. The number of rotatable bonds is 7. The van der Waals surface area contributed by atoms with Crippen LogP contribution < -0.4 is 15.0 Å². The molecular weight excluding hydrogens is 382 g/mol. The molecule has 6 heteroatoms. The summed E-state index contributed by atoms with van der Waals surface area (Å²) in [6, 6.07) is 17.7. The Bertz CT molecular complexity index is 805. The summed E-state index contributed by atoms with van der Waals surface area (Å²) in [5.41, 5.74) is 1.74. The summed E-state index contributed by atoms with van der Waals surface area (Å²) in [6.07, 6.45) is 3.24. The highest BCUT2D eigenvalue weighted by Gasteiger charge is 2.21. The number of ether oxygens (including phenoxy) is 1. The van der Waals surface area contributed by atoms with Crippen LogP contribution in [0.2, 0.25) is 0 Å². The van der Waals surface area contributed by atoms with Crippen molar-refractivity contribution in [3.05, 3.63) is 60.2 Å². The third-order valence-electron chi connectivity index (χ3n) is 5.05. The number of thiocarbonyl (C=S) groups is 1. The second kappa shape index (κ2) is 10.8. The number of nitrogens with one attached hydrogen (secondary N) is 1. The lowest BCUT2D eigenvalue weighted by Gasteiger charge is -2.37. The number of piperazine rings is 1. The van der Waals surface area contributed by atoms with Gasteiger partial charge in [-0.1, -0.05) is 50.1 Å². The molecule has 0 aliphatic carbocycles. The van der Waals surface area contributed by atoms with E-state index in [-0.39, 0.29) is 5.91 Å². The first kappa shape index (κ1) is 21.1. The number of hydrogen-bond acceptors (Lipinski definition) is 4. The Balaban J connectivity index is 1.53. The minimum Gasteiger partial charge on any atom is -0.493 e. The van der Waals surface area contributed by atoms with Crippen molar-refractivity contribution in [3.63, 3.8) is 0 Å². The number of amides is 1. The lowest BCUT2D eigenvalue weighted by atomic mass is 10.2. The number of anilines is 1. The third-order valence-corrected chi connectivity index (χ3v) is 5.41. The number of nitrogens with zero attached hydrogens (tertiary/aromatic N) is 2. The van der Waals surface area contributed by atoms with Crippen LogP contribution >= 0.6 is 12.2 Å². The highest BCUT2D eigenvalue weighted by Crippen LogP contribution is 2.19. The molecule has 1 N–H and O–H groups in total. The SMILES string of the molecule is CCCCCOc1ccccc1C(=O)NC(=S)N1CCN(c2ccccc2)CC1. The molecule has 0 bridgehead atoms. The molecule has 3 rings (SSSR count). The molecule has 2 aromatic carbocycles. The van der Waals surface area contributed by atoms with Crippen LogP contribution in [0.25, 0.3) is 0 Å². The molecule has 2 aromatic rings. The van der Waals surface area contributed by atoms with Gasteiger partial charge in [0.2, 0.25) is 0 Å². The number of hydrogen-bond donors (Lipinski definition) is 1. The number of benzene rings is 2. The quantitative estimate of drug-likeness (QED) is 0.549. The molecule has 0 saturated carbocycles. The molecule has 1 saturated heterocycles. The van der Waals surface area contributed by atoms with Crippen LogP contribution in [0.4, 0.5) is 5.69 Å². The van der Waals surface area contributed by atoms with Crippen LogP contribution in [-0.2, 0) is 0 Å². The molecule has 0 radical (unpaired) electrons. The van der Waals surface area contributed by atoms with Crippen LogP contribution in [0, 0.1) is 0 Å². The van der Waals surface area contributed by atoms with Crippen molar-refractivity contribution in [1.82, 2.24) is 10.2 Å². The van der Waals surface area contributed by atoms with Crippen LogP contribution in [0.5, 0.6) is 5.75 Å². The van der Waals surface area contributed by atoms with E-state index < -0.39 is 0 Å². The van der Waals surface area contributed by atoms with E-state index in [1.807, 2.05) is 36.4 Å².